The lowest BCUT2D eigenvalue weighted by Gasteiger charge is -2.39. The van der Waals surface area contributed by atoms with Gasteiger partial charge in [-0.15, -0.1) is 0 Å². The van der Waals surface area contributed by atoms with E-state index in [9.17, 15) is 0 Å². The maximum Gasteiger partial charge on any atom is 0.0107 e. The van der Waals surface area contributed by atoms with E-state index >= 15 is 0 Å². The summed E-state index contributed by atoms with van der Waals surface area (Å²) in [6, 6.07) is 0. The molecule has 1 aliphatic heterocycles. The first-order chi connectivity index (χ1) is 5.36. The third kappa shape index (κ3) is 2.80. The molecular weight excluding hydrogens is 136 g/mol. The Kier molecular flexibility index (Phi) is 3.87. The molecule has 0 unspecified atom stereocenters. The predicted molar refractivity (Wildman–Crippen MR) is 48.8 cm³/mol. The molecule has 0 saturated carbocycles. The van der Waals surface area contributed by atoms with Crippen LogP contribution in [0, 0.1) is 5.92 Å². The Hall–Kier alpha value is -0.0800. The van der Waals surface area contributed by atoms with Crippen LogP contribution in [-0.4, -0.2) is 38.1 Å². The molecule has 0 aromatic rings. The van der Waals surface area contributed by atoms with E-state index in [1.807, 2.05) is 7.05 Å². The minimum Gasteiger partial charge on any atom is -0.318 e. The van der Waals surface area contributed by atoms with Crippen LogP contribution in [0.15, 0.2) is 0 Å². The van der Waals surface area contributed by atoms with Crippen molar-refractivity contribution in [1.82, 2.24) is 10.2 Å². The van der Waals surface area contributed by atoms with Gasteiger partial charge in [0.25, 0.3) is 0 Å². The molecule has 0 amide bonds. The summed E-state index contributed by atoms with van der Waals surface area (Å²) in [7, 11) is 2.02. The van der Waals surface area contributed by atoms with Crippen molar-refractivity contribution >= 4 is 0 Å². The van der Waals surface area contributed by atoms with Crippen molar-refractivity contribution in [2.24, 2.45) is 5.92 Å². The SMILES string of the molecule is CCCC1CN(CCNC)C1. The Morgan fingerprint density at radius 3 is 2.73 bits per heavy atom. The number of nitrogens with one attached hydrogen (secondary N) is 1. The highest BCUT2D eigenvalue weighted by atomic mass is 15.2. The van der Waals surface area contributed by atoms with Crippen LogP contribution in [0.25, 0.3) is 0 Å². The number of likely N-dealkylation sites (tertiary alicyclic amines) is 1. The van der Waals surface area contributed by atoms with Gasteiger partial charge in [0.1, 0.15) is 0 Å². The van der Waals surface area contributed by atoms with Gasteiger partial charge in [-0.2, -0.15) is 0 Å². The molecule has 0 spiro atoms. The minimum absolute atomic E-state index is 1.01. The molecular formula is C9H20N2. The molecule has 1 fully saturated rings. The number of hydrogen-bond donors (Lipinski definition) is 1. The quantitative estimate of drug-likeness (QED) is 0.637. The monoisotopic (exact) mass is 156 g/mol. The van der Waals surface area contributed by atoms with Crippen LogP contribution < -0.4 is 5.32 Å². The number of rotatable bonds is 5. The fourth-order valence-corrected chi connectivity index (χ4v) is 1.72. The van der Waals surface area contributed by atoms with Crippen LogP contribution in [0.4, 0.5) is 0 Å². The fraction of sp³-hybridized carbons (Fsp3) is 1.00. The third-order valence-electron chi connectivity index (χ3n) is 2.41. The van der Waals surface area contributed by atoms with Crippen molar-refractivity contribution in [2.75, 3.05) is 33.2 Å². The Morgan fingerprint density at radius 1 is 1.45 bits per heavy atom. The smallest absolute Gasteiger partial charge is 0.0107 e. The molecule has 1 heterocycles. The number of hydrogen-bond acceptors (Lipinski definition) is 2. The van der Waals surface area contributed by atoms with Gasteiger partial charge in [-0.05, 0) is 19.4 Å². The molecule has 0 atom stereocenters. The Bertz CT molecular complexity index is 97.7. The van der Waals surface area contributed by atoms with Crippen molar-refractivity contribution in [3.63, 3.8) is 0 Å². The van der Waals surface area contributed by atoms with Gasteiger partial charge < -0.3 is 10.2 Å². The van der Waals surface area contributed by atoms with Gasteiger partial charge in [-0.1, -0.05) is 13.3 Å². The van der Waals surface area contributed by atoms with E-state index in [1.54, 1.807) is 0 Å². The molecule has 1 rings (SSSR count). The molecule has 0 aromatic heterocycles. The number of likely N-dealkylation sites (N-methyl/N-ethyl adjacent to an activating group) is 1. The average molecular weight is 156 g/mol. The van der Waals surface area contributed by atoms with Gasteiger partial charge in [0.05, 0.1) is 0 Å². The molecule has 0 aliphatic carbocycles. The summed E-state index contributed by atoms with van der Waals surface area (Å²) >= 11 is 0. The standard InChI is InChI=1S/C9H20N2/c1-3-4-9-7-11(8-9)6-5-10-2/h9-10H,3-8H2,1-2H3. The van der Waals surface area contributed by atoms with Crippen LogP contribution in [0.3, 0.4) is 0 Å². The first-order valence-corrected chi connectivity index (χ1v) is 4.73. The van der Waals surface area contributed by atoms with Crippen LogP contribution in [0.5, 0.6) is 0 Å². The van der Waals surface area contributed by atoms with Gasteiger partial charge in [0.2, 0.25) is 0 Å². The molecule has 1 aliphatic rings. The highest BCUT2D eigenvalue weighted by molar-refractivity contribution is 4.79. The van der Waals surface area contributed by atoms with Crippen LogP contribution in [0.1, 0.15) is 19.8 Å². The lowest BCUT2D eigenvalue weighted by atomic mass is 9.95. The zero-order valence-corrected chi connectivity index (χ0v) is 7.77. The normalized spacial score (nSPS) is 20.2. The number of nitrogens with zero attached hydrogens (tertiary/aromatic N) is 1. The van der Waals surface area contributed by atoms with Gasteiger partial charge >= 0.3 is 0 Å². The van der Waals surface area contributed by atoms with E-state index in [-0.39, 0.29) is 0 Å². The van der Waals surface area contributed by atoms with Crippen molar-refractivity contribution < 1.29 is 0 Å². The van der Waals surface area contributed by atoms with Crippen molar-refractivity contribution in [3.05, 3.63) is 0 Å². The molecule has 1 N–H and O–H groups in total. The molecule has 0 radical (unpaired) electrons. The first-order valence-electron chi connectivity index (χ1n) is 4.73. The van der Waals surface area contributed by atoms with Crippen molar-refractivity contribution in [3.8, 4) is 0 Å². The van der Waals surface area contributed by atoms with E-state index in [1.165, 1.54) is 32.5 Å². The summed E-state index contributed by atoms with van der Waals surface area (Å²) in [4.78, 5) is 2.52. The van der Waals surface area contributed by atoms with E-state index in [2.05, 4.69) is 17.1 Å². The lowest BCUT2D eigenvalue weighted by molar-refractivity contribution is 0.0956. The fourth-order valence-electron chi connectivity index (χ4n) is 1.72. The largest absolute Gasteiger partial charge is 0.318 e. The summed E-state index contributed by atoms with van der Waals surface area (Å²) in [6.07, 6.45) is 2.78. The first kappa shape index (κ1) is 9.01. The molecule has 11 heavy (non-hydrogen) atoms. The molecule has 66 valence electrons. The van der Waals surface area contributed by atoms with E-state index < -0.39 is 0 Å². The van der Waals surface area contributed by atoms with Crippen LogP contribution in [-0.2, 0) is 0 Å². The molecule has 2 nitrogen and oxygen atoms in total. The summed E-state index contributed by atoms with van der Waals surface area (Å²) in [5.74, 6) is 1.01. The summed E-state index contributed by atoms with van der Waals surface area (Å²) in [5.41, 5.74) is 0. The zero-order valence-electron chi connectivity index (χ0n) is 7.77. The maximum atomic E-state index is 3.17. The van der Waals surface area contributed by atoms with E-state index in [4.69, 9.17) is 0 Å². The molecule has 0 bridgehead atoms. The summed E-state index contributed by atoms with van der Waals surface area (Å²) in [6.45, 7) is 7.33. The summed E-state index contributed by atoms with van der Waals surface area (Å²) in [5, 5.41) is 3.17. The van der Waals surface area contributed by atoms with E-state index in [0.29, 0.717) is 0 Å². The second-order valence-electron chi connectivity index (χ2n) is 3.52. The van der Waals surface area contributed by atoms with Gasteiger partial charge in [0, 0.05) is 26.2 Å². The third-order valence-corrected chi connectivity index (χ3v) is 2.41. The molecule has 1 saturated heterocycles. The minimum atomic E-state index is 1.01. The Labute approximate surface area is 70.0 Å². The van der Waals surface area contributed by atoms with E-state index in [0.717, 1.165) is 12.5 Å². The van der Waals surface area contributed by atoms with Gasteiger partial charge in [0.15, 0.2) is 0 Å². The van der Waals surface area contributed by atoms with Gasteiger partial charge in [-0.25, -0.2) is 0 Å². The second-order valence-corrected chi connectivity index (χ2v) is 3.52. The highest BCUT2D eigenvalue weighted by Gasteiger charge is 2.24. The van der Waals surface area contributed by atoms with Crippen LogP contribution in [0.2, 0.25) is 0 Å². The van der Waals surface area contributed by atoms with Crippen molar-refractivity contribution in [1.29, 1.82) is 0 Å². The Balaban J connectivity index is 1.92. The second kappa shape index (κ2) is 4.73. The topological polar surface area (TPSA) is 15.3 Å². The summed E-state index contributed by atoms with van der Waals surface area (Å²) < 4.78 is 0. The predicted octanol–water partition coefficient (Wildman–Crippen LogP) is 0.938. The average Bonchev–Trinajstić information content (AvgIpc) is 1.94. The van der Waals surface area contributed by atoms with Crippen LogP contribution >= 0.6 is 0 Å². The maximum absolute atomic E-state index is 3.17. The Morgan fingerprint density at radius 2 is 2.18 bits per heavy atom. The molecule has 2 heteroatoms. The van der Waals surface area contributed by atoms with Gasteiger partial charge in [-0.3, -0.25) is 0 Å². The lowest BCUT2D eigenvalue weighted by Crippen LogP contribution is -2.48. The van der Waals surface area contributed by atoms with Crippen molar-refractivity contribution in [2.45, 2.75) is 19.8 Å². The molecule has 0 aromatic carbocycles. The zero-order chi connectivity index (χ0) is 8.10. The highest BCUT2D eigenvalue weighted by Crippen LogP contribution is 2.19.